The van der Waals surface area contributed by atoms with Crippen LogP contribution in [0.15, 0.2) is 60.7 Å². The lowest BCUT2D eigenvalue weighted by Crippen LogP contribution is -2.07. The van der Waals surface area contributed by atoms with E-state index >= 15 is 0 Å². The molecule has 0 aliphatic carbocycles. The fourth-order valence-electron chi connectivity index (χ4n) is 4.01. The maximum absolute atomic E-state index is 11.0. The predicted molar refractivity (Wildman–Crippen MR) is 124 cm³/mol. The first kappa shape index (κ1) is 21.4. The monoisotopic (exact) mass is 430 g/mol. The standard InChI is InChI=1S/C26H26N2O4/c1-17-9-19(10-20(13-27)26(17)28-14-18-5-3-2-4-6-18)15-31-22-7-8-23-21(11-25(29)30)16-32-24(23)12-22/h2-10,12-13,21,27-28H,11,14-16H2,1H3,(H,29,30). The van der Waals surface area contributed by atoms with Crippen LogP contribution in [0.1, 0.15) is 40.2 Å². The number of aliphatic carboxylic acids is 1. The number of nitrogens with one attached hydrogen (secondary N) is 2. The normalized spacial score (nSPS) is 14.3. The number of benzene rings is 3. The van der Waals surface area contributed by atoms with Gasteiger partial charge in [-0.15, -0.1) is 0 Å². The second-order valence-corrected chi connectivity index (χ2v) is 7.95. The number of carbonyl (C=O) groups is 1. The molecule has 0 fully saturated rings. The summed E-state index contributed by atoms with van der Waals surface area (Å²) in [5.41, 5.74) is 5.87. The maximum Gasteiger partial charge on any atom is 0.304 e. The Morgan fingerprint density at radius 1 is 1.19 bits per heavy atom. The van der Waals surface area contributed by atoms with Gasteiger partial charge < -0.3 is 25.3 Å². The second-order valence-electron chi connectivity index (χ2n) is 7.95. The van der Waals surface area contributed by atoms with E-state index in [9.17, 15) is 4.79 Å². The van der Waals surface area contributed by atoms with E-state index < -0.39 is 5.97 Å². The number of fused-ring (bicyclic) bond motifs is 1. The predicted octanol–water partition coefficient (Wildman–Crippen LogP) is 5.13. The lowest BCUT2D eigenvalue weighted by Gasteiger charge is -2.15. The molecule has 6 heteroatoms. The number of hydrogen-bond acceptors (Lipinski definition) is 5. The van der Waals surface area contributed by atoms with E-state index in [1.165, 1.54) is 11.8 Å². The minimum absolute atomic E-state index is 0.0591. The molecule has 3 aromatic rings. The van der Waals surface area contributed by atoms with Crippen LogP contribution in [0.3, 0.4) is 0 Å². The van der Waals surface area contributed by atoms with Crippen LogP contribution in [0.25, 0.3) is 0 Å². The average molecular weight is 431 g/mol. The summed E-state index contributed by atoms with van der Waals surface area (Å²) in [6.45, 7) is 3.45. The Balaban J connectivity index is 1.43. The van der Waals surface area contributed by atoms with Gasteiger partial charge in [0.25, 0.3) is 0 Å². The Labute approximate surface area is 187 Å². The largest absolute Gasteiger partial charge is 0.492 e. The highest BCUT2D eigenvalue weighted by atomic mass is 16.5. The number of rotatable bonds is 9. The van der Waals surface area contributed by atoms with E-state index in [-0.39, 0.29) is 12.3 Å². The summed E-state index contributed by atoms with van der Waals surface area (Å²) in [4.78, 5) is 11.0. The van der Waals surface area contributed by atoms with Crippen molar-refractivity contribution in [1.82, 2.24) is 0 Å². The second kappa shape index (κ2) is 9.56. The number of hydrogen-bond donors (Lipinski definition) is 3. The van der Waals surface area contributed by atoms with Crippen LogP contribution in [0, 0.1) is 12.3 Å². The van der Waals surface area contributed by atoms with Crippen molar-refractivity contribution in [1.29, 1.82) is 5.41 Å². The zero-order valence-corrected chi connectivity index (χ0v) is 17.9. The molecule has 1 aliphatic rings. The van der Waals surface area contributed by atoms with Crippen molar-refractivity contribution in [3.8, 4) is 11.5 Å². The lowest BCUT2D eigenvalue weighted by atomic mass is 9.98. The summed E-state index contributed by atoms with van der Waals surface area (Å²) in [6.07, 6.45) is 1.42. The van der Waals surface area contributed by atoms with Crippen LogP contribution in [-0.2, 0) is 17.9 Å². The van der Waals surface area contributed by atoms with Gasteiger partial charge in [-0.1, -0.05) is 42.5 Å². The smallest absolute Gasteiger partial charge is 0.304 e. The molecule has 1 atom stereocenters. The zero-order chi connectivity index (χ0) is 22.5. The Morgan fingerprint density at radius 3 is 2.75 bits per heavy atom. The molecule has 0 radical (unpaired) electrons. The number of anilines is 1. The topological polar surface area (TPSA) is 91.6 Å². The highest BCUT2D eigenvalue weighted by Gasteiger charge is 2.26. The summed E-state index contributed by atoms with van der Waals surface area (Å²) in [5, 5.41) is 20.3. The molecule has 1 heterocycles. The number of ether oxygens (including phenoxy) is 2. The van der Waals surface area contributed by atoms with Crippen molar-refractivity contribution < 1.29 is 19.4 Å². The molecule has 0 spiro atoms. The Morgan fingerprint density at radius 2 is 2.00 bits per heavy atom. The third kappa shape index (κ3) is 4.91. The van der Waals surface area contributed by atoms with Crippen molar-refractivity contribution in [2.75, 3.05) is 11.9 Å². The first-order valence-corrected chi connectivity index (χ1v) is 10.6. The van der Waals surface area contributed by atoms with E-state index in [1.807, 2.05) is 49.4 Å². The quantitative estimate of drug-likeness (QED) is 0.409. The molecule has 3 N–H and O–H groups in total. The molecule has 32 heavy (non-hydrogen) atoms. The van der Waals surface area contributed by atoms with Crippen molar-refractivity contribution in [2.45, 2.75) is 32.4 Å². The molecule has 0 bridgehead atoms. The molecule has 0 aromatic heterocycles. The summed E-state index contributed by atoms with van der Waals surface area (Å²) >= 11 is 0. The molecule has 1 aliphatic heterocycles. The van der Waals surface area contributed by atoms with Crippen LogP contribution in [-0.4, -0.2) is 23.9 Å². The molecule has 3 aromatic carbocycles. The minimum Gasteiger partial charge on any atom is -0.492 e. The number of carboxylic acids is 1. The van der Waals surface area contributed by atoms with Crippen molar-refractivity contribution in [3.05, 3.63) is 88.5 Å². The van der Waals surface area contributed by atoms with Gasteiger partial charge in [-0.25, -0.2) is 0 Å². The fourth-order valence-corrected chi connectivity index (χ4v) is 4.01. The highest BCUT2D eigenvalue weighted by molar-refractivity contribution is 5.87. The molecule has 164 valence electrons. The molecule has 0 amide bonds. The molecule has 0 saturated heterocycles. The Bertz CT molecular complexity index is 1130. The van der Waals surface area contributed by atoms with Gasteiger partial charge in [0.05, 0.1) is 13.0 Å². The first-order valence-electron chi connectivity index (χ1n) is 10.6. The Kier molecular flexibility index (Phi) is 6.40. The molecule has 0 saturated carbocycles. The zero-order valence-electron chi connectivity index (χ0n) is 17.9. The summed E-state index contributed by atoms with van der Waals surface area (Å²) in [6, 6.07) is 19.7. The van der Waals surface area contributed by atoms with Gasteiger partial charge in [-0.05, 0) is 35.7 Å². The van der Waals surface area contributed by atoms with Crippen LogP contribution in [0.2, 0.25) is 0 Å². The Hall–Kier alpha value is -3.80. The van der Waals surface area contributed by atoms with E-state index in [1.54, 1.807) is 0 Å². The van der Waals surface area contributed by atoms with E-state index in [0.29, 0.717) is 31.3 Å². The summed E-state index contributed by atoms with van der Waals surface area (Å²) in [5.74, 6) is 0.404. The van der Waals surface area contributed by atoms with Gasteiger partial charge in [0, 0.05) is 41.6 Å². The SMILES string of the molecule is Cc1cc(COc2ccc3c(c2)OCC3CC(=O)O)cc(C=N)c1NCc1ccccc1. The molecular weight excluding hydrogens is 404 g/mol. The average Bonchev–Trinajstić information content (AvgIpc) is 3.18. The van der Waals surface area contributed by atoms with Crippen molar-refractivity contribution >= 4 is 17.9 Å². The van der Waals surface area contributed by atoms with Crippen LogP contribution < -0.4 is 14.8 Å². The van der Waals surface area contributed by atoms with Crippen LogP contribution >= 0.6 is 0 Å². The minimum atomic E-state index is -0.828. The van der Waals surface area contributed by atoms with Gasteiger partial charge in [0.2, 0.25) is 0 Å². The van der Waals surface area contributed by atoms with Crippen LogP contribution in [0.5, 0.6) is 11.5 Å². The van der Waals surface area contributed by atoms with Gasteiger partial charge in [-0.2, -0.15) is 0 Å². The molecule has 1 unspecified atom stereocenters. The van der Waals surface area contributed by atoms with Gasteiger partial charge >= 0.3 is 5.97 Å². The summed E-state index contributed by atoms with van der Waals surface area (Å²) in [7, 11) is 0. The van der Waals surface area contributed by atoms with Crippen molar-refractivity contribution in [2.24, 2.45) is 0 Å². The molecule has 6 nitrogen and oxygen atoms in total. The first-order chi connectivity index (χ1) is 15.5. The van der Waals surface area contributed by atoms with E-state index in [4.69, 9.17) is 20.0 Å². The third-order valence-corrected chi connectivity index (χ3v) is 5.58. The molecular formula is C26H26N2O4. The van der Waals surface area contributed by atoms with Crippen molar-refractivity contribution in [3.63, 3.8) is 0 Å². The van der Waals surface area contributed by atoms with Crippen LogP contribution in [0.4, 0.5) is 5.69 Å². The van der Waals surface area contributed by atoms with Gasteiger partial charge in [0.15, 0.2) is 0 Å². The number of aryl methyl sites for hydroxylation is 1. The van der Waals surface area contributed by atoms with Gasteiger partial charge in [0.1, 0.15) is 18.1 Å². The third-order valence-electron chi connectivity index (χ3n) is 5.58. The highest BCUT2D eigenvalue weighted by Crippen LogP contribution is 2.38. The lowest BCUT2D eigenvalue weighted by molar-refractivity contribution is -0.137. The van der Waals surface area contributed by atoms with Gasteiger partial charge in [-0.3, -0.25) is 4.79 Å². The van der Waals surface area contributed by atoms with E-state index in [0.717, 1.165) is 27.9 Å². The number of carboxylic acid groups (broad SMARTS) is 1. The molecule has 4 rings (SSSR count). The maximum atomic E-state index is 11.0. The van der Waals surface area contributed by atoms with E-state index in [2.05, 4.69) is 23.5 Å². The summed E-state index contributed by atoms with van der Waals surface area (Å²) < 4.78 is 11.6. The fraction of sp³-hybridized carbons (Fsp3) is 0.231.